The zero-order chi connectivity index (χ0) is 16.6. The van der Waals surface area contributed by atoms with Crippen molar-refractivity contribution in [3.8, 4) is 5.75 Å². The average molecular weight is 325 g/mol. The zero-order valence-corrected chi connectivity index (χ0v) is 12.3. The predicted octanol–water partition coefficient (Wildman–Crippen LogP) is 2.61. The summed E-state index contributed by atoms with van der Waals surface area (Å²) in [6.07, 6.45) is 2.71. The molecule has 3 rings (SSSR count). The van der Waals surface area contributed by atoms with Crippen LogP contribution in [0.1, 0.15) is 29.6 Å². The van der Waals surface area contributed by atoms with Gasteiger partial charge in [-0.2, -0.15) is 8.78 Å². The standard InChI is InChI=1S/C16H17F2NO4/c17-16(18)23-11-5-1-3-9(7-11)14(20)19-8-10-4-2-6-12(10)13(19)15(21)22/h1,3,5,7,10,12-13,16H,2,4,6,8H2,(H,21,22). The number of amides is 1. The Morgan fingerprint density at radius 2 is 2.09 bits per heavy atom. The van der Waals surface area contributed by atoms with E-state index in [-0.39, 0.29) is 23.1 Å². The van der Waals surface area contributed by atoms with Gasteiger partial charge in [0.1, 0.15) is 11.8 Å². The highest BCUT2D eigenvalue weighted by atomic mass is 19.3. The second-order valence-electron chi connectivity index (χ2n) is 6.00. The Morgan fingerprint density at radius 1 is 1.30 bits per heavy atom. The molecule has 7 heteroatoms. The molecule has 124 valence electrons. The number of nitrogens with zero attached hydrogens (tertiary/aromatic N) is 1. The number of carbonyl (C=O) groups is 2. The molecule has 1 heterocycles. The molecule has 0 spiro atoms. The largest absolute Gasteiger partial charge is 0.480 e. The fourth-order valence-electron chi connectivity index (χ4n) is 3.80. The van der Waals surface area contributed by atoms with Crippen molar-refractivity contribution in [3.05, 3.63) is 29.8 Å². The van der Waals surface area contributed by atoms with Crippen molar-refractivity contribution in [3.63, 3.8) is 0 Å². The van der Waals surface area contributed by atoms with E-state index in [2.05, 4.69) is 4.74 Å². The van der Waals surface area contributed by atoms with Crippen LogP contribution in [0.15, 0.2) is 24.3 Å². The Kier molecular flexibility index (Phi) is 4.19. The number of rotatable bonds is 4. The van der Waals surface area contributed by atoms with Gasteiger partial charge in [0.25, 0.3) is 5.91 Å². The Morgan fingerprint density at radius 3 is 2.78 bits per heavy atom. The van der Waals surface area contributed by atoms with Crippen LogP contribution < -0.4 is 4.74 Å². The third-order valence-electron chi connectivity index (χ3n) is 4.71. The lowest BCUT2D eigenvalue weighted by atomic mass is 9.94. The summed E-state index contributed by atoms with van der Waals surface area (Å²) in [5.41, 5.74) is 0.161. The number of hydrogen-bond donors (Lipinski definition) is 1. The average Bonchev–Trinajstić information content (AvgIpc) is 3.05. The lowest BCUT2D eigenvalue weighted by Crippen LogP contribution is -2.43. The van der Waals surface area contributed by atoms with E-state index >= 15 is 0 Å². The molecular weight excluding hydrogens is 308 g/mol. The molecule has 1 N–H and O–H groups in total. The number of likely N-dealkylation sites (tertiary alicyclic amines) is 1. The lowest BCUT2D eigenvalue weighted by molar-refractivity contribution is -0.142. The van der Waals surface area contributed by atoms with E-state index in [0.29, 0.717) is 6.54 Å². The van der Waals surface area contributed by atoms with Crippen LogP contribution in [0.4, 0.5) is 8.78 Å². The number of benzene rings is 1. The fourth-order valence-corrected chi connectivity index (χ4v) is 3.80. The molecule has 1 aliphatic carbocycles. The van der Waals surface area contributed by atoms with E-state index < -0.39 is 24.5 Å². The maximum Gasteiger partial charge on any atom is 0.387 e. The van der Waals surface area contributed by atoms with Gasteiger partial charge < -0.3 is 14.7 Å². The number of alkyl halides is 2. The maximum absolute atomic E-state index is 12.7. The summed E-state index contributed by atoms with van der Waals surface area (Å²) in [5.74, 6) is -1.38. The summed E-state index contributed by atoms with van der Waals surface area (Å²) < 4.78 is 28.9. The highest BCUT2D eigenvalue weighted by molar-refractivity contribution is 5.97. The number of carbonyl (C=O) groups excluding carboxylic acids is 1. The minimum Gasteiger partial charge on any atom is -0.480 e. The minimum absolute atomic E-state index is 0.0167. The van der Waals surface area contributed by atoms with Gasteiger partial charge in [0.2, 0.25) is 0 Å². The second-order valence-corrected chi connectivity index (χ2v) is 6.00. The molecule has 1 saturated heterocycles. The van der Waals surface area contributed by atoms with E-state index in [0.717, 1.165) is 19.3 Å². The van der Waals surface area contributed by atoms with Crippen LogP contribution >= 0.6 is 0 Å². The van der Waals surface area contributed by atoms with Crippen molar-refractivity contribution in [1.82, 2.24) is 4.90 Å². The van der Waals surface area contributed by atoms with Gasteiger partial charge >= 0.3 is 12.6 Å². The summed E-state index contributed by atoms with van der Waals surface area (Å²) in [4.78, 5) is 25.6. The van der Waals surface area contributed by atoms with Crippen LogP contribution in [0.2, 0.25) is 0 Å². The first-order chi connectivity index (χ1) is 11.0. The number of hydrogen-bond acceptors (Lipinski definition) is 3. The Bertz CT molecular complexity index is 622. The van der Waals surface area contributed by atoms with E-state index in [4.69, 9.17) is 0 Å². The van der Waals surface area contributed by atoms with Crippen molar-refractivity contribution < 1.29 is 28.2 Å². The quantitative estimate of drug-likeness (QED) is 0.924. The number of halogens is 2. The zero-order valence-electron chi connectivity index (χ0n) is 12.3. The van der Waals surface area contributed by atoms with Crippen molar-refractivity contribution in [2.24, 2.45) is 11.8 Å². The number of ether oxygens (including phenoxy) is 1. The van der Waals surface area contributed by atoms with Gasteiger partial charge in [-0.25, -0.2) is 4.79 Å². The van der Waals surface area contributed by atoms with E-state index in [1.165, 1.54) is 29.2 Å². The smallest absolute Gasteiger partial charge is 0.387 e. The van der Waals surface area contributed by atoms with Crippen molar-refractivity contribution in [2.45, 2.75) is 31.9 Å². The van der Waals surface area contributed by atoms with Crippen LogP contribution in [0.5, 0.6) is 5.75 Å². The minimum atomic E-state index is -2.97. The van der Waals surface area contributed by atoms with Gasteiger partial charge in [-0.15, -0.1) is 0 Å². The van der Waals surface area contributed by atoms with Crippen LogP contribution in [-0.4, -0.2) is 41.1 Å². The molecule has 5 nitrogen and oxygen atoms in total. The van der Waals surface area contributed by atoms with Crippen molar-refractivity contribution >= 4 is 11.9 Å². The molecule has 1 amide bonds. The summed E-state index contributed by atoms with van der Waals surface area (Å²) in [7, 11) is 0. The van der Waals surface area contributed by atoms with Crippen LogP contribution in [0, 0.1) is 11.8 Å². The van der Waals surface area contributed by atoms with Gasteiger partial charge in [-0.05, 0) is 42.9 Å². The van der Waals surface area contributed by atoms with E-state index in [1.807, 2.05) is 0 Å². The summed E-state index contributed by atoms with van der Waals surface area (Å²) >= 11 is 0. The van der Waals surface area contributed by atoms with E-state index in [1.54, 1.807) is 0 Å². The Labute approximate surface area is 131 Å². The van der Waals surface area contributed by atoms with Crippen molar-refractivity contribution in [2.75, 3.05) is 6.54 Å². The molecule has 2 aliphatic rings. The van der Waals surface area contributed by atoms with Crippen LogP contribution in [0.25, 0.3) is 0 Å². The topological polar surface area (TPSA) is 66.8 Å². The van der Waals surface area contributed by atoms with Gasteiger partial charge in [0.05, 0.1) is 0 Å². The maximum atomic E-state index is 12.7. The number of fused-ring (bicyclic) bond motifs is 1. The normalized spacial score (nSPS) is 26.4. The SMILES string of the molecule is O=C(O)C1C2CCCC2CN1C(=O)c1cccc(OC(F)F)c1. The third-order valence-corrected chi connectivity index (χ3v) is 4.71. The first-order valence-corrected chi connectivity index (χ1v) is 7.56. The fraction of sp³-hybridized carbons (Fsp3) is 0.500. The summed E-state index contributed by atoms with van der Waals surface area (Å²) in [5, 5.41) is 9.48. The van der Waals surface area contributed by atoms with Crippen LogP contribution in [0.3, 0.4) is 0 Å². The molecule has 1 aliphatic heterocycles. The van der Waals surface area contributed by atoms with Gasteiger partial charge in [-0.3, -0.25) is 4.79 Å². The molecule has 0 radical (unpaired) electrons. The summed E-state index contributed by atoms with van der Waals surface area (Å²) in [6.45, 7) is -2.57. The number of carboxylic acid groups (broad SMARTS) is 1. The third kappa shape index (κ3) is 3.00. The van der Waals surface area contributed by atoms with Gasteiger partial charge in [-0.1, -0.05) is 12.5 Å². The first-order valence-electron chi connectivity index (χ1n) is 7.56. The molecule has 2 fully saturated rings. The first kappa shape index (κ1) is 15.7. The predicted molar refractivity (Wildman–Crippen MR) is 76.4 cm³/mol. The Hall–Kier alpha value is -2.18. The molecule has 0 aromatic heterocycles. The highest BCUT2D eigenvalue weighted by Gasteiger charge is 2.49. The molecule has 1 aromatic rings. The van der Waals surface area contributed by atoms with Gasteiger partial charge in [0, 0.05) is 12.1 Å². The molecule has 1 saturated carbocycles. The van der Waals surface area contributed by atoms with Gasteiger partial charge in [0.15, 0.2) is 0 Å². The lowest BCUT2D eigenvalue weighted by Gasteiger charge is -2.24. The van der Waals surface area contributed by atoms with Crippen molar-refractivity contribution in [1.29, 1.82) is 0 Å². The molecule has 3 atom stereocenters. The highest BCUT2D eigenvalue weighted by Crippen LogP contribution is 2.42. The molecule has 23 heavy (non-hydrogen) atoms. The Balaban J connectivity index is 1.83. The number of aliphatic carboxylic acids is 1. The summed E-state index contributed by atoms with van der Waals surface area (Å²) in [6, 6.07) is 4.64. The monoisotopic (exact) mass is 325 g/mol. The number of carboxylic acids is 1. The molecule has 1 aromatic carbocycles. The molecule has 3 unspecified atom stereocenters. The molecular formula is C16H17F2NO4. The molecule has 0 bridgehead atoms. The van der Waals surface area contributed by atoms with Crippen LogP contribution in [-0.2, 0) is 4.79 Å². The second kappa shape index (κ2) is 6.14. The van der Waals surface area contributed by atoms with E-state index in [9.17, 15) is 23.5 Å².